The molecule has 0 saturated carbocycles. The van der Waals surface area contributed by atoms with Gasteiger partial charge in [-0.05, 0) is 5.56 Å². The Morgan fingerprint density at radius 3 is 2.71 bits per heavy atom. The van der Waals surface area contributed by atoms with Crippen molar-refractivity contribution in [2.24, 2.45) is 0 Å². The average Bonchev–Trinajstić information content (AvgIpc) is 2.53. The first-order valence-electron chi connectivity index (χ1n) is 7.12. The van der Waals surface area contributed by atoms with E-state index in [1.165, 1.54) is 0 Å². The second-order valence-electron chi connectivity index (χ2n) is 4.97. The number of nitrogens with one attached hydrogen (secondary N) is 3. The third kappa shape index (κ3) is 6.18. The molecule has 1 aromatic rings. The van der Waals surface area contributed by atoms with Gasteiger partial charge in [0.1, 0.15) is 0 Å². The van der Waals surface area contributed by atoms with Gasteiger partial charge in [0.15, 0.2) is 0 Å². The number of benzene rings is 1. The van der Waals surface area contributed by atoms with Crippen LogP contribution in [0.1, 0.15) is 12.0 Å². The maximum atomic E-state index is 11.7. The highest BCUT2D eigenvalue weighted by molar-refractivity contribution is 7.99. The molecule has 1 aliphatic heterocycles. The Labute approximate surface area is 129 Å². The zero-order chi connectivity index (χ0) is 14.9. The maximum absolute atomic E-state index is 11.7. The van der Waals surface area contributed by atoms with Crippen molar-refractivity contribution in [3.63, 3.8) is 0 Å². The predicted molar refractivity (Wildman–Crippen MR) is 85.0 cm³/mol. The smallest absolute Gasteiger partial charge is 0.239 e. The zero-order valence-electron chi connectivity index (χ0n) is 11.9. The topological polar surface area (TPSA) is 70.2 Å². The first-order chi connectivity index (χ1) is 10.2. The van der Waals surface area contributed by atoms with Gasteiger partial charge in [-0.3, -0.25) is 9.59 Å². The van der Waals surface area contributed by atoms with E-state index in [2.05, 4.69) is 16.0 Å². The molecule has 3 N–H and O–H groups in total. The maximum Gasteiger partial charge on any atom is 0.239 e. The van der Waals surface area contributed by atoms with E-state index in [9.17, 15) is 9.59 Å². The van der Waals surface area contributed by atoms with Gasteiger partial charge in [-0.2, -0.15) is 11.8 Å². The van der Waals surface area contributed by atoms with Crippen molar-refractivity contribution in [1.29, 1.82) is 0 Å². The number of hydrogen-bond acceptors (Lipinski definition) is 4. The summed E-state index contributed by atoms with van der Waals surface area (Å²) in [5.41, 5.74) is 1.04. The van der Waals surface area contributed by atoms with Crippen molar-refractivity contribution in [3.05, 3.63) is 35.9 Å². The molecule has 21 heavy (non-hydrogen) atoms. The highest BCUT2D eigenvalue weighted by atomic mass is 32.2. The molecule has 1 atom stereocenters. The Balaban J connectivity index is 1.60. The standard InChI is InChI=1S/C15H21N3O2S/c19-14(8-13-11-21-7-6-16-13)18-10-15(20)17-9-12-4-2-1-3-5-12/h1-5,13,16H,6-11H2,(H,17,20)(H,18,19). The van der Waals surface area contributed by atoms with Crippen molar-refractivity contribution in [2.75, 3.05) is 24.6 Å². The Bertz CT molecular complexity index is 461. The number of thioether (sulfide) groups is 1. The molecule has 2 rings (SSSR count). The van der Waals surface area contributed by atoms with Crippen molar-refractivity contribution in [1.82, 2.24) is 16.0 Å². The molecule has 1 unspecified atom stereocenters. The van der Waals surface area contributed by atoms with Gasteiger partial charge < -0.3 is 16.0 Å². The molecule has 0 spiro atoms. The van der Waals surface area contributed by atoms with Crippen molar-refractivity contribution in [3.8, 4) is 0 Å². The van der Waals surface area contributed by atoms with Crippen LogP contribution in [0.25, 0.3) is 0 Å². The second kappa shape index (κ2) is 8.69. The lowest BCUT2D eigenvalue weighted by molar-refractivity contribution is -0.126. The van der Waals surface area contributed by atoms with E-state index in [0.29, 0.717) is 13.0 Å². The number of carbonyl (C=O) groups is 2. The lowest BCUT2D eigenvalue weighted by Gasteiger charge is -2.22. The van der Waals surface area contributed by atoms with Crippen LogP contribution in [0, 0.1) is 0 Å². The zero-order valence-corrected chi connectivity index (χ0v) is 12.7. The highest BCUT2D eigenvalue weighted by Gasteiger charge is 2.16. The molecule has 0 aromatic heterocycles. The minimum absolute atomic E-state index is 0.0333. The fourth-order valence-corrected chi connectivity index (χ4v) is 3.03. The Morgan fingerprint density at radius 2 is 2.00 bits per heavy atom. The van der Waals surface area contributed by atoms with E-state index in [0.717, 1.165) is 23.6 Å². The van der Waals surface area contributed by atoms with Crippen LogP contribution in [0.3, 0.4) is 0 Å². The third-order valence-corrected chi connectivity index (χ3v) is 4.34. The highest BCUT2D eigenvalue weighted by Crippen LogP contribution is 2.09. The van der Waals surface area contributed by atoms with Gasteiger partial charge in [0.2, 0.25) is 11.8 Å². The Hall–Kier alpha value is -1.53. The fraction of sp³-hybridized carbons (Fsp3) is 0.467. The summed E-state index contributed by atoms with van der Waals surface area (Å²) in [4.78, 5) is 23.4. The normalized spacial score (nSPS) is 18.0. The van der Waals surface area contributed by atoms with E-state index in [4.69, 9.17) is 0 Å². The van der Waals surface area contributed by atoms with Crippen LogP contribution >= 0.6 is 11.8 Å². The number of rotatable bonds is 6. The van der Waals surface area contributed by atoms with E-state index >= 15 is 0 Å². The molecule has 6 heteroatoms. The first-order valence-corrected chi connectivity index (χ1v) is 8.28. The van der Waals surface area contributed by atoms with Gasteiger partial charge in [-0.25, -0.2) is 0 Å². The monoisotopic (exact) mass is 307 g/mol. The van der Waals surface area contributed by atoms with Crippen molar-refractivity contribution >= 4 is 23.6 Å². The van der Waals surface area contributed by atoms with E-state index in [1.54, 1.807) is 0 Å². The molecule has 0 radical (unpaired) electrons. The molecule has 114 valence electrons. The van der Waals surface area contributed by atoms with Crippen LogP contribution in [0.2, 0.25) is 0 Å². The largest absolute Gasteiger partial charge is 0.350 e. The van der Waals surface area contributed by atoms with Crippen LogP contribution in [0.4, 0.5) is 0 Å². The van der Waals surface area contributed by atoms with Crippen LogP contribution < -0.4 is 16.0 Å². The Kier molecular flexibility index (Phi) is 6.56. The van der Waals surface area contributed by atoms with Crippen LogP contribution in [-0.4, -0.2) is 42.5 Å². The lowest BCUT2D eigenvalue weighted by Crippen LogP contribution is -2.43. The second-order valence-corrected chi connectivity index (χ2v) is 6.12. The SMILES string of the molecule is O=C(CNC(=O)CC1CSCCN1)NCc1ccccc1. The molecule has 0 aliphatic carbocycles. The molecule has 0 bridgehead atoms. The van der Waals surface area contributed by atoms with E-state index < -0.39 is 0 Å². The molecule has 1 heterocycles. The van der Waals surface area contributed by atoms with E-state index in [-0.39, 0.29) is 24.4 Å². The minimum Gasteiger partial charge on any atom is -0.350 e. The van der Waals surface area contributed by atoms with Crippen LogP contribution in [-0.2, 0) is 16.1 Å². The molecule has 1 fully saturated rings. The number of amides is 2. The summed E-state index contributed by atoms with van der Waals surface area (Å²) in [6.45, 7) is 1.46. The lowest BCUT2D eigenvalue weighted by atomic mass is 10.2. The van der Waals surface area contributed by atoms with Gasteiger partial charge in [0.05, 0.1) is 6.54 Å². The average molecular weight is 307 g/mol. The molecule has 1 saturated heterocycles. The van der Waals surface area contributed by atoms with Crippen LogP contribution in [0.5, 0.6) is 0 Å². The molecule has 5 nitrogen and oxygen atoms in total. The summed E-state index contributed by atoms with van der Waals surface area (Å²) in [6, 6.07) is 9.91. The number of carbonyl (C=O) groups excluding carboxylic acids is 2. The Morgan fingerprint density at radius 1 is 1.19 bits per heavy atom. The molecule has 1 aliphatic rings. The third-order valence-electron chi connectivity index (χ3n) is 3.21. The first kappa shape index (κ1) is 15.9. The molecular formula is C15H21N3O2S. The summed E-state index contributed by atoms with van der Waals surface area (Å²) < 4.78 is 0. The number of hydrogen-bond donors (Lipinski definition) is 3. The summed E-state index contributed by atoms with van der Waals surface area (Å²) in [5.74, 6) is 1.80. The summed E-state index contributed by atoms with van der Waals surface area (Å²) in [6.07, 6.45) is 0.430. The molecular weight excluding hydrogens is 286 g/mol. The quantitative estimate of drug-likeness (QED) is 0.716. The fourth-order valence-electron chi connectivity index (χ4n) is 2.08. The van der Waals surface area contributed by atoms with Gasteiger partial charge in [-0.1, -0.05) is 30.3 Å². The van der Waals surface area contributed by atoms with Crippen molar-refractivity contribution in [2.45, 2.75) is 19.0 Å². The van der Waals surface area contributed by atoms with Crippen LogP contribution in [0.15, 0.2) is 30.3 Å². The van der Waals surface area contributed by atoms with Gasteiger partial charge in [0.25, 0.3) is 0 Å². The summed E-state index contributed by atoms with van der Waals surface area (Å²) in [5, 5.41) is 8.75. The molecule has 2 amide bonds. The summed E-state index contributed by atoms with van der Waals surface area (Å²) in [7, 11) is 0. The predicted octanol–water partition coefficient (Wildman–Crippen LogP) is 0.514. The van der Waals surface area contributed by atoms with Gasteiger partial charge in [0, 0.05) is 37.1 Å². The minimum atomic E-state index is -0.168. The van der Waals surface area contributed by atoms with Gasteiger partial charge >= 0.3 is 0 Å². The van der Waals surface area contributed by atoms with Crippen molar-refractivity contribution < 1.29 is 9.59 Å². The van der Waals surface area contributed by atoms with Gasteiger partial charge in [-0.15, -0.1) is 0 Å². The molecule has 1 aromatic carbocycles. The summed E-state index contributed by atoms with van der Waals surface area (Å²) >= 11 is 1.85. The van der Waals surface area contributed by atoms with E-state index in [1.807, 2.05) is 42.1 Å².